The lowest BCUT2D eigenvalue weighted by Crippen LogP contribution is -2.56. The molecule has 0 spiro atoms. The normalized spacial score (nSPS) is 19.2. The van der Waals surface area contributed by atoms with Gasteiger partial charge in [-0.2, -0.15) is 0 Å². The quantitative estimate of drug-likeness (QED) is 0.630. The van der Waals surface area contributed by atoms with Crippen molar-refractivity contribution in [3.8, 4) is 0 Å². The number of urea groups is 1. The second-order valence-electron chi connectivity index (χ2n) is 5.38. The van der Waals surface area contributed by atoms with Crippen LogP contribution in [0.2, 0.25) is 0 Å². The van der Waals surface area contributed by atoms with Crippen LogP contribution in [0.15, 0.2) is 0 Å². The molecular weight excluding hydrogens is 266 g/mol. The van der Waals surface area contributed by atoms with Gasteiger partial charge in [-0.15, -0.1) is 0 Å². The van der Waals surface area contributed by atoms with Gasteiger partial charge >= 0.3 is 12.0 Å². The monoisotopic (exact) mass is 287 g/mol. The van der Waals surface area contributed by atoms with Crippen molar-refractivity contribution < 1.29 is 24.2 Å². The third-order valence-corrected chi connectivity index (χ3v) is 2.99. The van der Waals surface area contributed by atoms with Crippen LogP contribution in [0.5, 0.6) is 0 Å². The molecule has 114 valence electrons. The van der Waals surface area contributed by atoms with E-state index in [-0.39, 0.29) is 12.8 Å². The van der Waals surface area contributed by atoms with Crippen molar-refractivity contribution >= 4 is 17.9 Å². The zero-order valence-corrected chi connectivity index (χ0v) is 11.7. The minimum Gasteiger partial charge on any atom is -0.480 e. The standard InChI is InChI=1S/C12H21N3O5/c1-12(2)7-15(5-6-20-12)11(19)14-8(10(17)18)3-4-9(13)16/h8H,3-7H2,1-2H3,(H2,13,16)(H,14,19)(H,17,18)/t8-/m0/s1. The first-order chi connectivity index (χ1) is 9.21. The van der Waals surface area contributed by atoms with Crippen LogP contribution in [0.1, 0.15) is 26.7 Å². The fourth-order valence-corrected chi connectivity index (χ4v) is 1.97. The number of nitrogens with one attached hydrogen (secondary N) is 1. The molecule has 3 amide bonds. The molecule has 4 N–H and O–H groups in total. The summed E-state index contributed by atoms with van der Waals surface area (Å²) in [5, 5.41) is 11.4. The van der Waals surface area contributed by atoms with Gasteiger partial charge in [0.1, 0.15) is 6.04 Å². The number of carbonyl (C=O) groups is 3. The molecule has 20 heavy (non-hydrogen) atoms. The second kappa shape index (κ2) is 6.56. The maximum absolute atomic E-state index is 12.0. The second-order valence-corrected chi connectivity index (χ2v) is 5.38. The van der Waals surface area contributed by atoms with E-state index in [2.05, 4.69) is 5.32 Å². The zero-order chi connectivity index (χ0) is 15.3. The maximum atomic E-state index is 12.0. The largest absolute Gasteiger partial charge is 0.480 e. The molecule has 0 aromatic carbocycles. The van der Waals surface area contributed by atoms with Crippen molar-refractivity contribution in [1.29, 1.82) is 0 Å². The molecule has 1 rings (SSSR count). The number of aliphatic carboxylic acids is 1. The highest BCUT2D eigenvalue weighted by Gasteiger charge is 2.31. The molecule has 0 aliphatic carbocycles. The van der Waals surface area contributed by atoms with Gasteiger partial charge in [0.2, 0.25) is 5.91 Å². The fourth-order valence-electron chi connectivity index (χ4n) is 1.97. The highest BCUT2D eigenvalue weighted by Crippen LogP contribution is 2.16. The molecule has 1 atom stereocenters. The molecule has 0 radical (unpaired) electrons. The first-order valence-electron chi connectivity index (χ1n) is 6.42. The van der Waals surface area contributed by atoms with Gasteiger partial charge in [-0.1, -0.05) is 0 Å². The number of hydrogen-bond acceptors (Lipinski definition) is 4. The smallest absolute Gasteiger partial charge is 0.326 e. The summed E-state index contributed by atoms with van der Waals surface area (Å²) in [5.41, 5.74) is 4.52. The minimum atomic E-state index is -1.19. The molecular formula is C12H21N3O5. The van der Waals surface area contributed by atoms with Crippen molar-refractivity contribution in [2.75, 3.05) is 19.7 Å². The lowest BCUT2D eigenvalue weighted by Gasteiger charge is -2.38. The van der Waals surface area contributed by atoms with Gasteiger partial charge in [0, 0.05) is 13.0 Å². The molecule has 0 aromatic rings. The number of carbonyl (C=O) groups excluding carboxylic acids is 2. The number of hydrogen-bond donors (Lipinski definition) is 3. The maximum Gasteiger partial charge on any atom is 0.326 e. The van der Waals surface area contributed by atoms with E-state index in [4.69, 9.17) is 15.6 Å². The first kappa shape index (κ1) is 16.2. The van der Waals surface area contributed by atoms with Crippen LogP contribution in [0.3, 0.4) is 0 Å². The van der Waals surface area contributed by atoms with Crippen LogP contribution in [0, 0.1) is 0 Å². The number of nitrogens with zero attached hydrogens (tertiary/aromatic N) is 1. The summed E-state index contributed by atoms with van der Waals surface area (Å²) in [6, 6.07) is -1.60. The predicted octanol–water partition coefficient (Wildman–Crippen LogP) is -0.474. The summed E-state index contributed by atoms with van der Waals surface area (Å²) in [6.45, 7) is 4.89. The summed E-state index contributed by atoms with van der Waals surface area (Å²) in [5.74, 6) is -1.79. The average Bonchev–Trinajstić information content (AvgIpc) is 2.32. The number of carboxylic acid groups (broad SMARTS) is 1. The summed E-state index contributed by atoms with van der Waals surface area (Å²) in [7, 11) is 0. The van der Waals surface area contributed by atoms with Crippen LogP contribution in [0.25, 0.3) is 0 Å². The van der Waals surface area contributed by atoms with Crippen molar-refractivity contribution in [2.45, 2.75) is 38.3 Å². The highest BCUT2D eigenvalue weighted by molar-refractivity contribution is 5.83. The van der Waals surface area contributed by atoms with E-state index in [0.717, 1.165) is 0 Å². The Bertz CT molecular complexity index is 397. The third kappa shape index (κ3) is 5.04. The van der Waals surface area contributed by atoms with Crippen LogP contribution in [-0.4, -0.2) is 59.3 Å². The Morgan fingerprint density at radius 1 is 1.45 bits per heavy atom. The van der Waals surface area contributed by atoms with E-state index < -0.39 is 29.6 Å². The molecule has 0 bridgehead atoms. The molecule has 0 aromatic heterocycles. The number of amides is 3. The Hall–Kier alpha value is -1.83. The van der Waals surface area contributed by atoms with Crippen molar-refractivity contribution in [3.05, 3.63) is 0 Å². The summed E-state index contributed by atoms with van der Waals surface area (Å²) in [4.78, 5) is 35.3. The van der Waals surface area contributed by atoms with Crippen molar-refractivity contribution in [1.82, 2.24) is 10.2 Å². The van der Waals surface area contributed by atoms with E-state index in [1.54, 1.807) is 0 Å². The van der Waals surface area contributed by atoms with Gasteiger partial charge < -0.3 is 25.8 Å². The number of primary amides is 1. The van der Waals surface area contributed by atoms with Gasteiger partial charge in [-0.05, 0) is 20.3 Å². The molecule has 1 heterocycles. The molecule has 1 aliphatic heterocycles. The Labute approximate surface area is 117 Å². The minimum absolute atomic E-state index is 0.0237. The van der Waals surface area contributed by atoms with Gasteiger partial charge in [-0.25, -0.2) is 9.59 Å². The fraction of sp³-hybridized carbons (Fsp3) is 0.750. The van der Waals surface area contributed by atoms with Gasteiger partial charge in [0.05, 0.1) is 18.8 Å². The zero-order valence-electron chi connectivity index (χ0n) is 11.7. The molecule has 8 nitrogen and oxygen atoms in total. The molecule has 1 aliphatic rings. The van der Waals surface area contributed by atoms with E-state index in [1.807, 2.05) is 13.8 Å². The Kier molecular flexibility index (Phi) is 5.32. The topological polar surface area (TPSA) is 122 Å². The molecule has 0 saturated carbocycles. The first-order valence-corrected chi connectivity index (χ1v) is 6.42. The molecule has 1 saturated heterocycles. The number of rotatable bonds is 5. The van der Waals surface area contributed by atoms with Gasteiger partial charge in [-0.3, -0.25) is 4.79 Å². The molecule has 8 heteroatoms. The average molecular weight is 287 g/mol. The number of morpholine rings is 1. The lowest BCUT2D eigenvalue weighted by atomic mass is 10.1. The Balaban J connectivity index is 2.57. The number of carboxylic acids is 1. The van der Waals surface area contributed by atoms with Crippen LogP contribution >= 0.6 is 0 Å². The van der Waals surface area contributed by atoms with E-state index >= 15 is 0 Å². The van der Waals surface area contributed by atoms with Gasteiger partial charge in [0.25, 0.3) is 0 Å². The van der Waals surface area contributed by atoms with E-state index in [0.29, 0.717) is 19.7 Å². The van der Waals surface area contributed by atoms with E-state index in [1.165, 1.54) is 4.90 Å². The lowest BCUT2D eigenvalue weighted by molar-refractivity contribution is -0.139. The Morgan fingerprint density at radius 2 is 2.10 bits per heavy atom. The highest BCUT2D eigenvalue weighted by atomic mass is 16.5. The van der Waals surface area contributed by atoms with Crippen LogP contribution < -0.4 is 11.1 Å². The third-order valence-electron chi connectivity index (χ3n) is 2.99. The molecule has 1 fully saturated rings. The van der Waals surface area contributed by atoms with Gasteiger partial charge in [0.15, 0.2) is 0 Å². The number of nitrogens with two attached hydrogens (primary N) is 1. The summed E-state index contributed by atoms with van der Waals surface area (Å²) < 4.78 is 5.48. The van der Waals surface area contributed by atoms with Crippen molar-refractivity contribution in [2.24, 2.45) is 5.73 Å². The number of ether oxygens (including phenoxy) is 1. The Morgan fingerprint density at radius 3 is 2.60 bits per heavy atom. The summed E-state index contributed by atoms with van der Waals surface area (Å²) in [6.07, 6.45) is -0.115. The van der Waals surface area contributed by atoms with Crippen molar-refractivity contribution in [3.63, 3.8) is 0 Å². The predicted molar refractivity (Wildman–Crippen MR) is 70.0 cm³/mol. The summed E-state index contributed by atoms with van der Waals surface area (Å²) >= 11 is 0. The van der Waals surface area contributed by atoms with E-state index in [9.17, 15) is 14.4 Å². The van der Waals surface area contributed by atoms with Crippen LogP contribution in [0.4, 0.5) is 4.79 Å². The van der Waals surface area contributed by atoms with Crippen LogP contribution in [-0.2, 0) is 14.3 Å². The molecule has 0 unspecified atom stereocenters. The SMILES string of the molecule is CC1(C)CN(C(=O)N[C@@H](CCC(N)=O)C(=O)O)CCO1.